The highest BCUT2D eigenvalue weighted by Crippen LogP contribution is 2.32. The lowest BCUT2D eigenvalue weighted by Gasteiger charge is -2.26. The van der Waals surface area contributed by atoms with Crippen LogP contribution in [0, 0.1) is 0 Å². The van der Waals surface area contributed by atoms with Gasteiger partial charge in [0.05, 0.1) is 5.69 Å². The van der Waals surface area contributed by atoms with E-state index in [4.69, 9.17) is 16.3 Å². The molecule has 0 aliphatic carbocycles. The van der Waals surface area contributed by atoms with Gasteiger partial charge in [0.25, 0.3) is 11.8 Å². The van der Waals surface area contributed by atoms with Crippen LogP contribution in [0.3, 0.4) is 0 Å². The van der Waals surface area contributed by atoms with Gasteiger partial charge in [-0.3, -0.25) is 14.9 Å². The minimum absolute atomic E-state index is 0.186. The number of halogens is 1. The third-order valence-electron chi connectivity index (χ3n) is 4.76. The molecule has 1 aliphatic rings. The molecule has 0 atom stereocenters. The maximum atomic E-state index is 13.2. The molecule has 6 nitrogen and oxygen atoms in total. The van der Waals surface area contributed by atoms with Gasteiger partial charge in [-0.25, -0.2) is 9.69 Å². The number of hydrogen-bond donors (Lipinski definition) is 1. The van der Waals surface area contributed by atoms with E-state index in [0.29, 0.717) is 22.0 Å². The standard InChI is InChI=1S/C24H17ClN2O4/c1-2-13-31-21-12-7-15-5-3-4-6-18(15)19(21)14-20-22(28)26-24(30)27(23(20)29)17-10-8-16(25)9-11-17/h2-12,14H,1,13H2,(H,26,28,30)/b20-14+. The highest BCUT2D eigenvalue weighted by Gasteiger charge is 2.37. The number of nitrogens with one attached hydrogen (secondary N) is 1. The van der Waals surface area contributed by atoms with Crippen molar-refractivity contribution in [3.05, 3.63) is 89.5 Å². The molecular formula is C24H17ClN2O4. The van der Waals surface area contributed by atoms with Crippen LogP contribution >= 0.6 is 11.6 Å². The molecule has 0 aromatic heterocycles. The number of fused-ring (bicyclic) bond motifs is 1. The Balaban J connectivity index is 1.85. The van der Waals surface area contributed by atoms with Crippen LogP contribution in [0.15, 0.2) is 78.9 Å². The number of benzene rings is 3. The summed E-state index contributed by atoms with van der Waals surface area (Å²) in [6.07, 6.45) is 3.05. The summed E-state index contributed by atoms with van der Waals surface area (Å²) in [7, 11) is 0. The monoisotopic (exact) mass is 432 g/mol. The molecule has 1 N–H and O–H groups in total. The zero-order valence-electron chi connectivity index (χ0n) is 16.3. The van der Waals surface area contributed by atoms with Gasteiger partial charge in [-0.15, -0.1) is 0 Å². The fraction of sp³-hybridized carbons (Fsp3) is 0.0417. The van der Waals surface area contributed by atoms with Crippen molar-refractivity contribution in [1.82, 2.24) is 5.32 Å². The number of anilines is 1. The predicted molar refractivity (Wildman–Crippen MR) is 120 cm³/mol. The van der Waals surface area contributed by atoms with E-state index >= 15 is 0 Å². The van der Waals surface area contributed by atoms with Gasteiger partial charge in [-0.05, 0) is 47.2 Å². The first-order valence-electron chi connectivity index (χ1n) is 9.42. The highest BCUT2D eigenvalue weighted by atomic mass is 35.5. The Bertz CT molecular complexity index is 1250. The summed E-state index contributed by atoms with van der Waals surface area (Å²) in [5.74, 6) is -1.02. The van der Waals surface area contributed by atoms with Gasteiger partial charge in [-0.2, -0.15) is 0 Å². The van der Waals surface area contributed by atoms with Crippen molar-refractivity contribution in [3.63, 3.8) is 0 Å². The molecule has 7 heteroatoms. The first-order chi connectivity index (χ1) is 15.0. The van der Waals surface area contributed by atoms with Crippen LogP contribution in [0.2, 0.25) is 5.02 Å². The number of amides is 4. The second-order valence-electron chi connectivity index (χ2n) is 6.73. The van der Waals surface area contributed by atoms with E-state index in [0.717, 1.165) is 15.7 Å². The predicted octanol–water partition coefficient (Wildman–Crippen LogP) is 4.72. The highest BCUT2D eigenvalue weighted by molar-refractivity contribution is 6.39. The zero-order chi connectivity index (χ0) is 22.0. The summed E-state index contributed by atoms with van der Waals surface area (Å²) < 4.78 is 5.75. The topological polar surface area (TPSA) is 75.7 Å². The summed E-state index contributed by atoms with van der Waals surface area (Å²) in [5, 5.41) is 4.39. The van der Waals surface area contributed by atoms with Crippen molar-refractivity contribution in [1.29, 1.82) is 0 Å². The third kappa shape index (κ3) is 3.93. The number of barbiturate groups is 1. The largest absolute Gasteiger partial charge is 0.489 e. The molecule has 1 saturated heterocycles. The van der Waals surface area contributed by atoms with Crippen LogP contribution in [0.4, 0.5) is 10.5 Å². The molecule has 4 amide bonds. The Morgan fingerprint density at radius 2 is 1.74 bits per heavy atom. The van der Waals surface area contributed by atoms with Crippen molar-refractivity contribution in [2.75, 3.05) is 11.5 Å². The molecule has 0 spiro atoms. The molecule has 154 valence electrons. The van der Waals surface area contributed by atoms with E-state index < -0.39 is 17.8 Å². The van der Waals surface area contributed by atoms with Gasteiger partial charge in [0.2, 0.25) is 0 Å². The normalized spacial score (nSPS) is 15.3. The smallest absolute Gasteiger partial charge is 0.335 e. The SMILES string of the molecule is C=CCOc1ccc2ccccc2c1/C=C1\C(=O)NC(=O)N(c2ccc(Cl)cc2)C1=O. The van der Waals surface area contributed by atoms with Crippen molar-refractivity contribution >= 4 is 52.0 Å². The van der Waals surface area contributed by atoms with Gasteiger partial charge >= 0.3 is 6.03 Å². The first kappa shape index (κ1) is 20.4. The molecule has 31 heavy (non-hydrogen) atoms. The van der Waals surface area contributed by atoms with Crippen molar-refractivity contribution < 1.29 is 19.1 Å². The van der Waals surface area contributed by atoms with Crippen LogP contribution in [-0.2, 0) is 9.59 Å². The number of carbonyl (C=O) groups excluding carboxylic acids is 3. The number of ether oxygens (including phenoxy) is 1. The Labute approximate surface area is 183 Å². The van der Waals surface area contributed by atoms with Gasteiger partial charge in [0.1, 0.15) is 17.9 Å². The lowest BCUT2D eigenvalue weighted by molar-refractivity contribution is -0.122. The van der Waals surface area contributed by atoms with Gasteiger partial charge in [0, 0.05) is 10.6 Å². The van der Waals surface area contributed by atoms with Crippen LogP contribution in [0.1, 0.15) is 5.56 Å². The minimum atomic E-state index is -0.824. The van der Waals surface area contributed by atoms with Crippen molar-refractivity contribution in [2.24, 2.45) is 0 Å². The molecule has 0 bridgehead atoms. The molecule has 4 rings (SSSR count). The van der Waals surface area contributed by atoms with Gasteiger partial charge in [0.15, 0.2) is 0 Å². The Hall–Kier alpha value is -3.90. The van der Waals surface area contributed by atoms with Crippen LogP contribution in [0.25, 0.3) is 16.8 Å². The minimum Gasteiger partial charge on any atom is -0.489 e. The van der Waals surface area contributed by atoms with E-state index in [1.54, 1.807) is 24.3 Å². The summed E-state index contributed by atoms with van der Waals surface area (Å²) >= 11 is 5.91. The summed E-state index contributed by atoms with van der Waals surface area (Å²) in [5.41, 5.74) is 0.671. The molecule has 0 unspecified atom stereocenters. The number of hydrogen-bond acceptors (Lipinski definition) is 4. The molecule has 1 heterocycles. The van der Waals surface area contributed by atoms with Crippen molar-refractivity contribution in [2.45, 2.75) is 0 Å². The molecular weight excluding hydrogens is 416 g/mol. The number of imide groups is 2. The van der Waals surface area contributed by atoms with E-state index in [1.165, 1.54) is 18.2 Å². The van der Waals surface area contributed by atoms with E-state index in [-0.39, 0.29) is 12.2 Å². The quantitative estimate of drug-likeness (QED) is 0.359. The molecule has 1 aliphatic heterocycles. The molecule has 0 radical (unpaired) electrons. The third-order valence-corrected chi connectivity index (χ3v) is 5.01. The van der Waals surface area contributed by atoms with Gasteiger partial charge < -0.3 is 4.74 Å². The zero-order valence-corrected chi connectivity index (χ0v) is 17.1. The lowest BCUT2D eigenvalue weighted by atomic mass is 9.99. The van der Waals surface area contributed by atoms with E-state index in [1.807, 2.05) is 30.3 Å². The summed E-state index contributed by atoms with van der Waals surface area (Å²) in [6, 6.07) is 16.6. The van der Waals surface area contributed by atoms with E-state index in [2.05, 4.69) is 11.9 Å². The molecule has 3 aromatic carbocycles. The Kier molecular flexibility index (Phi) is 5.56. The average molecular weight is 433 g/mol. The maximum Gasteiger partial charge on any atom is 0.335 e. The van der Waals surface area contributed by atoms with Crippen LogP contribution < -0.4 is 15.0 Å². The fourth-order valence-corrected chi connectivity index (χ4v) is 3.45. The Morgan fingerprint density at radius 3 is 2.48 bits per heavy atom. The summed E-state index contributed by atoms with van der Waals surface area (Å²) in [6.45, 7) is 3.91. The van der Waals surface area contributed by atoms with Crippen LogP contribution in [-0.4, -0.2) is 24.5 Å². The molecule has 1 fully saturated rings. The van der Waals surface area contributed by atoms with Crippen molar-refractivity contribution in [3.8, 4) is 5.75 Å². The number of nitrogens with zero attached hydrogens (tertiary/aromatic N) is 1. The number of carbonyl (C=O) groups is 3. The van der Waals surface area contributed by atoms with E-state index in [9.17, 15) is 14.4 Å². The number of rotatable bonds is 5. The maximum absolute atomic E-state index is 13.2. The Morgan fingerprint density at radius 1 is 1.00 bits per heavy atom. The van der Waals surface area contributed by atoms with Crippen LogP contribution in [0.5, 0.6) is 5.75 Å². The van der Waals surface area contributed by atoms with Gasteiger partial charge in [-0.1, -0.05) is 54.6 Å². The first-order valence-corrected chi connectivity index (χ1v) is 9.80. The lowest BCUT2D eigenvalue weighted by Crippen LogP contribution is -2.54. The number of urea groups is 1. The molecule has 3 aromatic rings. The second kappa shape index (κ2) is 8.45. The average Bonchev–Trinajstić information content (AvgIpc) is 2.76. The second-order valence-corrected chi connectivity index (χ2v) is 7.17. The summed E-state index contributed by atoms with van der Waals surface area (Å²) in [4.78, 5) is 39.1. The molecule has 0 saturated carbocycles. The fourth-order valence-electron chi connectivity index (χ4n) is 3.33.